The smallest absolute Gasteiger partial charge is 0.356 e. The van der Waals surface area contributed by atoms with Gasteiger partial charge in [-0.2, -0.15) is 5.10 Å². The van der Waals surface area contributed by atoms with Crippen LogP contribution < -0.4 is 9.47 Å². The van der Waals surface area contributed by atoms with E-state index in [0.29, 0.717) is 52.2 Å². The van der Waals surface area contributed by atoms with Crippen LogP contribution >= 0.6 is 0 Å². The molecule has 4 aromatic rings. The SMILES string of the molecule is COc1cccc(OC)c1-c1cc(C(=O)O)nn1-c1ccc(S(=O)(=O)N(C)CCCN(C)C)c2ccccc12. The molecule has 3 aromatic carbocycles. The first-order chi connectivity index (χ1) is 18.6. The highest BCUT2D eigenvalue weighted by molar-refractivity contribution is 7.89. The van der Waals surface area contributed by atoms with Gasteiger partial charge in [0.05, 0.1) is 36.1 Å². The molecule has 0 saturated carbocycles. The quantitative estimate of drug-likeness (QED) is 0.297. The number of carboxylic acids is 1. The molecule has 0 aliphatic carbocycles. The number of methoxy groups -OCH3 is 2. The Kier molecular flexibility index (Phi) is 8.24. The maximum Gasteiger partial charge on any atom is 0.356 e. The Morgan fingerprint density at radius 1 is 0.923 bits per heavy atom. The van der Waals surface area contributed by atoms with Crippen molar-refractivity contribution >= 4 is 26.8 Å². The molecule has 0 spiro atoms. The zero-order chi connectivity index (χ0) is 28.3. The number of ether oxygens (including phenoxy) is 2. The van der Waals surface area contributed by atoms with Crippen LogP contribution in [-0.2, 0) is 10.0 Å². The number of carboxylic acid groups (broad SMARTS) is 1. The van der Waals surface area contributed by atoms with Crippen LogP contribution in [0.2, 0.25) is 0 Å². The van der Waals surface area contributed by atoms with E-state index < -0.39 is 16.0 Å². The minimum Gasteiger partial charge on any atom is -0.496 e. The molecule has 39 heavy (non-hydrogen) atoms. The second kappa shape index (κ2) is 11.4. The summed E-state index contributed by atoms with van der Waals surface area (Å²) in [6.45, 7) is 1.13. The Balaban J connectivity index is 1.92. The molecule has 0 unspecified atom stereocenters. The average Bonchev–Trinajstić information content (AvgIpc) is 3.36. The van der Waals surface area contributed by atoms with E-state index in [2.05, 4.69) is 5.10 Å². The third kappa shape index (κ3) is 5.47. The monoisotopic (exact) mass is 552 g/mol. The first kappa shape index (κ1) is 28.1. The van der Waals surface area contributed by atoms with Gasteiger partial charge < -0.3 is 19.5 Å². The summed E-state index contributed by atoms with van der Waals surface area (Å²) in [6, 6.07) is 17.0. The predicted octanol–water partition coefficient (Wildman–Crippen LogP) is 3.98. The number of rotatable bonds is 11. The van der Waals surface area contributed by atoms with Crippen LogP contribution in [0.3, 0.4) is 0 Å². The molecule has 0 radical (unpaired) electrons. The molecule has 0 atom stereocenters. The summed E-state index contributed by atoms with van der Waals surface area (Å²) in [4.78, 5) is 14.1. The normalized spacial score (nSPS) is 11.9. The van der Waals surface area contributed by atoms with Gasteiger partial charge in [0.25, 0.3) is 0 Å². The van der Waals surface area contributed by atoms with E-state index in [1.165, 1.54) is 29.3 Å². The Morgan fingerprint density at radius 3 is 2.15 bits per heavy atom. The number of aromatic carboxylic acids is 1. The van der Waals surface area contributed by atoms with Crippen LogP contribution in [0.1, 0.15) is 16.9 Å². The fraction of sp³-hybridized carbons (Fsp3) is 0.286. The van der Waals surface area contributed by atoms with Crippen LogP contribution in [0.25, 0.3) is 27.7 Å². The lowest BCUT2D eigenvalue weighted by Crippen LogP contribution is -2.30. The van der Waals surface area contributed by atoms with Crippen molar-refractivity contribution in [1.82, 2.24) is 19.0 Å². The number of fused-ring (bicyclic) bond motifs is 1. The van der Waals surface area contributed by atoms with Crippen LogP contribution in [0, 0.1) is 0 Å². The highest BCUT2D eigenvalue weighted by atomic mass is 32.2. The predicted molar refractivity (Wildman–Crippen MR) is 150 cm³/mol. The summed E-state index contributed by atoms with van der Waals surface area (Å²) < 4.78 is 41.2. The van der Waals surface area contributed by atoms with E-state index in [4.69, 9.17) is 9.47 Å². The van der Waals surface area contributed by atoms with Gasteiger partial charge in [0.15, 0.2) is 5.69 Å². The number of hydrogen-bond acceptors (Lipinski definition) is 7. The van der Waals surface area contributed by atoms with E-state index in [1.54, 1.807) is 61.6 Å². The summed E-state index contributed by atoms with van der Waals surface area (Å²) in [5.41, 5.74) is 1.27. The molecule has 0 bridgehead atoms. The van der Waals surface area contributed by atoms with Gasteiger partial charge in [-0.1, -0.05) is 30.3 Å². The molecule has 206 valence electrons. The Bertz CT molecular complexity index is 1590. The lowest BCUT2D eigenvalue weighted by atomic mass is 10.1. The van der Waals surface area contributed by atoms with Crippen molar-refractivity contribution in [1.29, 1.82) is 0 Å². The summed E-state index contributed by atoms with van der Waals surface area (Å²) in [7, 11) is 4.69. The molecule has 0 aliphatic rings. The molecule has 1 N–H and O–H groups in total. The van der Waals surface area contributed by atoms with E-state index >= 15 is 0 Å². The minimum atomic E-state index is -3.80. The summed E-state index contributed by atoms with van der Waals surface area (Å²) in [6.07, 6.45) is 0.689. The van der Waals surface area contributed by atoms with Crippen molar-refractivity contribution in [2.24, 2.45) is 0 Å². The molecule has 0 fully saturated rings. The third-order valence-corrected chi connectivity index (χ3v) is 8.38. The molecular weight excluding hydrogens is 520 g/mol. The number of sulfonamides is 1. The second-order valence-electron chi connectivity index (χ2n) is 9.28. The van der Waals surface area contributed by atoms with E-state index in [9.17, 15) is 18.3 Å². The van der Waals surface area contributed by atoms with Gasteiger partial charge in [0, 0.05) is 24.4 Å². The van der Waals surface area contributed by atoms with Gasteiger partial charge >= 0.3 is 5.97 Å². The summed E-state index contributed by atoms with van der Waals surface area (Å²) in [5, 5.41) is 15.2. The molecule has 0 saturated heterocycles. The number of nitrogens with zero attached hydrogens (tertiary/aromatic N) is 4. The zero-order valence-electron chi connectivity index (χ0n) is 22.6. The Morgan fingerprint density at radius 2 is 1.56 bits per heavy atom. The molecule has 1 aromatic heterocycles. The molecule has 4 rings (SSSR count). The summed E-state index contributed by atoms with van der Waals surface area (Å²) >= 11 is 0. The minimum absolute atomic E-state index is 0.163. The second-order valence-corrected chi connectivity index (χ2v) is 11.3. The van der Waals surface area contributed by atoms with Crippen molar-refractivity contribution in [2.45, 2.75) is 11.3 Å². The zero-order valence-corrected chi connectivity index (χ0v) is 23.4. The molecule has 0 aliphatic heterocycles. The number of benzene rings is 3. The lowest BCUT2D eigenvalue weighted by Gasteiger charge is -2.21. The Hall–Kier alpha value is -3.93. The number of aromatic nitrogens is 2. The molecule has 1 heterocycles. The lowest BCUT2D eigenvalue weighted by molar-refractivity contribution is 0.0690. The maximum absolute atomic E-state index is 13.6. The van der Waals surface area contributed by atoms with Crippen LogP contribution in [0.15, 0.2) is 65.6 Å². The van der Waals surface area contributed by atoms with Crippen molar-refractivity contribution in [3.8, 4) is 28.4 Å². The number of hydrogen-bond donors (Lipinski definition) is 1. The van der Waals surface area contributed by atoms with Gasteiger partial charge in [-0.05, 0) is 57.4 Å². The van der Waals surface area contributed by atoms with Crippen molar-refractivity contribution in [3.63, 3.8) is 0 Å². The van der Waals surface area contributed by atoms with Crippen molar-refractivity contribution < 1.29 is 27.8 Å². The molecular formula is C28H32N4O6S. The molecule has 11 heteroatoms. The molecule has 10 nitrogen and oxygen atoms in total. The highest BCUT2D eigenvalue weighted by Gasteiger charge is 2.26. The first-order valence-electron chi connectivity index (χ1n) is 12.3. The fourth-order valence-corrected chi connectivity index (χ4v) is 5.91. The van der Waals surface area contributed by atoms with Gasteiger partial charge in [0.1, 0.15) is 11.5 Å². The highest BCUT2D eigenvalue weighted by Crippen LogP contribution is 2.41. The largest absolute Gasteiger partial charge is 0.496 e. The van der Waals surface area contributed by atoms with E-state index in [0.717, 1.165) is 6.54 Å². The van der Waals surface area contributed by atoms with Gasteiger partial charge in [-0.3, -0.25) is 0 Å². The van der Waals surface area contributed by atoms with Gasteiger partial charge in [-0.15, -0.1) is 0 Å². The van der Waals surface area contributed by atoms with Crippen molar-refractivity contribution in [2.75, 3.05) is 48.5 Å². The number of carbonyl (C=O) groups is 1. The van der Waals surface area contributed by atoms with Gasteiger partial charge in [0.2, 0.25) is 10.0 Å². The van der Waals surface area contributed by atoms with E-state index in [-0.39, 0.29) is 10.6 Å². The van der Waals surface area contributed by atoms with Crippen LogP contribution in [0.4, 0.5) is 0 Å². The summed E-state index contributed by atoms with van der Waals surface area (Å²) in [5.74, 6) is -0.266. The van der Waals surface area contributed by atoms with E-state index in [1.807, 2.05) is 19.0 Å². The Labute approximate surface area is 228 Å². The third-order valence-electron chi connectivity index (χ3n) is 6.47. The first-order valence-corrected chi connectivity index (χ1v) is 13.7. The van der Waals surface area contributed by atoms with Crippen LogP contribution in [-0.4, -0.2) is 86.9 Å². The van der Waals surface area contributed by atoms with Crippen LogP contribution in [0.5, 0.6) is 11.5 Å². The maximum atomic E-state index is 13.6. The van der Waals surface area contributed by atoms with Crippen molar-refractivity contribution in [3.05, 3.63) is 66.4 Å². The molecule has 0 amide bonds. The fourth-order valence-electron chi connectivity index (χ4n) is 4.51. The average molecular weight is 553 g/mol. The van der Waals surface area contributed by atoms with Gasteiger partial charge in [-0.25, -0.2) is 22.2 Å². The topological polar surface area (TPSA) is 114 Å². The standard InChI is InChI=1S/C28H32N4O6S/c1-30(2)16-9-17-31(3)39(35,36)26-15-14-22(19-10-6-7-11-20(19)26)32-23(18-21(29-32)28(33)34)27-24(37-4)12-8-13-25(27)38-5/h6-8,10-15,18H,9,16-17H2,1-5H3,(H,33,34).